The summed E-state index contributed by atoms with van der Waals surface area (Å²) in [5, 5.41) is 9.26. The zero-order valence-electron chi connectivity index (χ0n) is 7.77. The van der Waals surface area contributed by atoms with Crippen LogP contribution in [0.4, 0.5) is 5.82 Å². The number of aromatic amines is 1. The number of hydrogen-bond acceptors (Lipinski definition) is 4. The number of nitrogens with two attached hydrogens (primary N) is 1. The number of phenolic OH excluding ortho intramolecular Hbond substituents is 1. The molecule has 2 aromatic rings. The zero-order valence-corrected chi connectivity index (χ0v) is 7.77. The Hall–Kier alpha value is -2.30. The molecule has 2 rings (SSSR count). The predicted molar refractivity (Wildman–Crippen MR) is 56.4 cm³/mol. The van der Waals surface area contributed by atoms with Gasteiger partial charge in [0, 0.05) is 11.6 Å². The summed E-state index contributed by atoms with van der Waals surface area (Å²) in [5.74, 6) is 0.602. The molecule has 0 atom stereocenters. The highest BCUT2D eigenvalue weighted by atomic mass is 16.3. The Morgan fingerprint density at radius 1 is 1.33 bits per heavy atom. The van der Waals surface area contributed by atoms with Crippen molar-refractivity contribution in [2.45, 2.75) is 0 Å². The summed E-state index contributed by atoms with van der Waals surface area (Å²) in [5.41, 5.74) is 5.73. The Morgan fingerprint density at radius 3 is 2.80 bits per heavy atom. The molecule has 0 aliphatic carbocycles. The van der Waals surface area contributed by atoms with Crippen molar-refractivity contribution < 1.29 is 5.11 Å². The summed E-state index contributed by atoms with van der Waals surface area (Å²) in [7, 11) is 0. The van der Waals surface area contributed by atoms with E-state index in [1.807, 2.05) is 0 Å². The normalized spacial score (nSPS) is 10.1. The van der Waals surface area contributed by atoms with Gasteiger partial charge in [-0.3, -0.25) is 4.79 Å². The van der Waals surface area contributed by atoms with Gasteiger partial charge >= 0.3 is 0 Å². The Bertz CT molecular complexity index is 548. The van der Waals surface area contributed by atoms with Crippen molar-refractivity contribution in [1.29, 1.82) is 0 Å². The molecular weight excluding hydrogens is 194 g/mol. The number of aromatic nitrogens is 2. The van der Waals surface area contributed by atoms with Crippen molar-refractivity contribution in [1.82, 2.24) is 9.97 Å². The first-order valence-corrected chi connectivity index (χ1v) is 4.31. The van der Waals surface area contributed by atoms with Gasteiger partial charge in [0.2, 0.25) is 0 Å². The van der Waals surface area contributed by atoms with Crippen LogP contribution in [0.2, 0.25) is 0 Å². The third-order valence-electron chi connectivity index (χ3n) is 1.88. The van der Waals surface area contributed by atoms with Gasteiger partial charge in [-0.2, -0.15) is 0 Å². The topological polar surface area (TPSA) is 92.0 Å². The number of hydrogen-bond donors (Lipinski definition) is 3. The molecule has 0 aliphatic rings. The second-order valence-electron chi connectivity index (χ2n) is 3.07. The summed E-state index contributed by atoms with van der Waals surface area (Å²) < 4.78 is 0. The maximum absolute atomic E-state index is 11.1. The Balaban J connectivity index is 2.59. The molecule has 15 heavy (non-hydrogen) atoms. The highest BCUT2D eigenvalue weighted by Gasteiger charge is 2.02. The third kappa shape index (κ3) is 1.96. The maximum atomic E-state index is 11.1. The molecule has 5 nitrogen and oxygen atoms in total. The van der Waals surface area contributed by atoms with Crippen molar-refractivity contribution in [3.8, 4) is 17.1 Å². The standard InChI is InChI=1S/C10H9N3O2/c11-8-5-9(15)13-10(12-8)6-2-1-3-7(14)4-6/h1-5,14H,(H3,11,12,13,15). The lowest BCUT2D eigenvalue weighted by Gasteiger charge is -2.01. The van der Waals surface area contributed by atoms with Gasteiger partial charge in [0.05, 0.1) is 0 Å². The molecule has 4 N–H and O–H groups in total. The Kier molecular flexibility index (Phi) is 2.13. The minimum absolute atomic E-state index is 0.109. The SMILES string of the molecule is Nc1cc(=O)[nH]c(-c2cccc(O)c2)n1. The van der Waals surface area contributed by atoms with Crippen molar-refractivity contribution in [2.75, 3.05) is 5.73 Å². The average Bonchev–Trinajstić information content (AvgIpc) is 2.16. The van der Waals surface area contributed by atoms with Gasteiger partial charge in [-0.25, -0.2) is 4.98 Å². The number of nitrogens with one attached hydrogen (secondary N) is 1. The molecule has 5 heteroatoms. The molecule has 1 aromatic heterocycles. The van der Waals surface area contributed by atoms with Crippen LogP contribution in [-0.4, -0.2) is 15.1 Å². The zero-order chi connectivity index (χ0) is 10.8. The third-order valence-corrected chi connectivity index (χ3v) is 1.88. The predicted octanol–water partition coefficient (Wildman–Crippen LogP) is 0.725. The van der Waals surface area contributed by atoms with E-state index >= 15 is 0 Å². The first-order valence-electron chi connectivity index (χ1n) is 4.31. The van der Waals surface area contributed by atoms with E-state index in [-0.39, 0.29) is 17.1 Å². The molecule has 0 spiro atoms. The number of benzene rings is 1. The van der Waals surface area contributed by atoms with Crippen LogP contribution in [0.25, 0.3) is 11.4 Å². The molecular formula is C10H9N3O2. The minimum atomic E-state index is -0.319. The Labute approximate surface area is 85.2 Å². The molecule has 0 saturated carbocycles. The van der Waals surface area contributed by atoms with E-state index in [1.165, 1.54) is 18.2 Å². The van der Waals surface area contributed by atoms with Crippen LogP contribution in [0.1, 0.15) is 0 Å². The van der Waals surface area contributed by atoms with Crippen LogP contribution >= 0.6 is 0 Å². The van der Waals surface area contributed by atoms with Gasteiger partial charge in [0.1, 0.15) is 17.4 Å². The summed E-state index contributed by atoms with van der Waals surface area (Å²) in [4.78, 5) is 17.6. The number of nitrogen functional groups attached to an aromatic ring is 1. The molecule has 0 amide bonds. The number of anilines is 1. The number of nitrogens with zero attached hydrogens (tertiary/aromatic N) is 1. The summed E-state index contributed by atoms with van der Waals surface area (Å²) in [6.07, 6.45) is 0. The van der Waals surface area contributed by atoms with E-state index in [4.69, 9.17) is 5.73 Å². The van der Waals surface area contributed by atoms with E-state index in [0.717, 1.165) is 0 Å². The summed E-state index contributed by atoms with van der Waals surface area (Å²) in [6, 6.07) is 7.61. The molecule has 0 saturated heterocycles. The molecule has 1 aromatic carbocycles. The number of phenols is 1. The molecule has 0 radical (unpaired) electrons. The van der Waals surface area contributed by atoms with Crippen molar-refractivity contribution in [3.05, 3.63) is 40.7 Å². The van der Waals surface area contributed by atoms with Gasteiger partial charge in [-0.1, -0.05) is 12.1 Å². The fraction of sp³-hybridized carbons (Fsp3) is 0. The number of aromatic hydroxyl groups is 1. The fourth-order valence-electron chi connectivity index (χ4n) is 1.27. The second kappa shape index (κ2) is 3.45. The van der Waals surface area contributed by atoms with Gasteiger partial charge in [-0.05, 0) is 12.1 Å². The highest BCUT2D eigenvalue weighted by molar-refractivity contribution is 5.58. The number of H-pyrrole nitrogens is 1. The van der Waals surface area contributed by atoms with E-state index in [9.17, 15) is 9.90 Å². The molecule has 76 valence electrons. The van der Waals surface area contributed by atoms with Crippen LogP contribution in [-0.2, 0) is 0 Å². The van der Waals surface area contributed by atoms with Crippen LogP contribution < -0.4 is 11.3 Å². The van der Waals surface area contributed by atoms with E-state index < -0.39 is 0 Å². The van der Waals surface area contributed by atoms with Crippen LogP contribution in [0.15, 0.2) is 35.1 Å². The monoisotopic (exact) mass is 203 g/mol. The number of rotatable bonds is 1. The molecule has 1 heterocycles. The molecule has 0 fully saturated rings. The van der Waals surface area contributed by atoms with Gasteiger partial charge in [-0.15, -0.1) is 0 Å². The lowest BCUT2D eigenvalue weighted by atomic mass is 10.2. The van der Waals surface area contributed by atoms with Crippen molar-refractivity contribution in [2.24, 2.45) is 0 Å². The van der Waals surface area contributed by atoms with Gasteiger partial charge in [0.15, 0.2) is 0 Å². The van der Waals surface area contributed by atoms with Crippen LogP contribution in [0.3, 0.4) is 0 Å². The van der Waals surface area contributed by atoms with Crippen LogP contribution in [0, 0.1) is 0 Å². The van der Waals surface area contributed by atoms with Crippen molar-refractivity contribution in [3.63, 3.8) is 0 Å². The molecule has 0 aliphatic heterocycles. The average molecular weight is 203 g/mol. The van der Waals surface area contributed by atoms with E-state index in [1.54, 1.807) is 12.1 Å². The highest BCUT2D eigenvalue weighted by Crippen LogP contribution is 2.19. The quantitative estimate of drug-likeness (QED) is 0.636. The van der Waals surface area contributed by atoms with E-state index in [2.05, 4.69) is 9.97 Å². The Morgan fingerprint density at radius 2 is 2.13 bits per heavy atom. The lowest BCUT2D eigenvalue weighted by Crippen LogP contribution is -2.09. The first-order chi connectivity index (χ1) is 7.15. The molecule has 0 unspecified atom stereocenters. The van der Waals surface area contributed by atoms with E-state index in [0.29, 0.717) is 11.4 Å². The molecule has 0 bridgehead atoms. The minimum Gasteiger partial charge on any atom is -0.508 e. The maximum Gasteiger partial charge on any atom is 0.253 e. The largest absolute Gasteiger partial charge is 0.508 e. The fourth-order valence-corrected chi connectivity index (χ4v) is 1.27. The summed E-state index contributed by atoms with van der Waals surface area (Å²) >= 11 is 0. The lowest BCUT2D eigenvalue weighted by molar-refractivity contribution is 0.475. The first kappa shape index (κ1) is 9.26. The van der Waals surface area contributed by atoms with Gasteiger partial charge in [0.25, 0.3) is 5.56 Å². The second-order valence-corrected chi connectivity index (χ2v) is 3.07. The van der Waals surface area contributed by atoms with Crippen LogP contribution in [0.5, 0.6) is 5.75 Å². The van der Waals surface area contributed by atoms with Crippen molar-refractivity contribution >= 4 is 5.82 Å². The van der Waals surface area contributed by atoms with Gasteiger partial charge < -0.3 is 15.8 Å². The summed E-state index contributed by atoms with van der Waals surface area (Å²) in [6.45, 7) is 0. The smallest absolute Gasteiger partial charge is 0.253 e.